The van der Waals surface area contributed by atoms with E-state index < -0.39 is 16.0 Å². The maximum atomic E-state index is 12.1. The normalized spacial score (nSPS) is 12.8. The van der Waals surface area contributed by atoms with E-state index in [9.17, 15) is 18.3 Å². The number of benzene rings is 1. The first-order valence-electron chi connectivity index (χ1n) is 7.05. The van der Waals surface area contributed by atoms with Crippen molar-refractivity contribution in [3.05, 3.63) is 23.8 Å². The molecule has 0 aliphatic carbocycles. The van der Waals surface area contributed by atoms with Gasteiger partial charge in [0.2, 0.25) is 10.0 Å². The molecule has 1 aromatic rings. The third-order valence-corrected chi connectivity index (χ3v) is 4.44. The largest absolute Gasteiger partial charge is 0.478 e. The van der Waals surface area contributed by atoms with Crippen LogP contribution in [0.4, 0.5) is 5.69 Å². The number of aliphatic hydroxyl groups is 1. The Kier molecular flexibility index (Phi) is 7.43. The molecular formula is C14H22N2O6S. The maximum Gasteiger partial charge on any atom is 0.337 e. The Morgan fingerprint density at radius 1 is 1.39 bits per heavy atom. The summed E-state index contributed by atoms with van der Waals surface area (Å²) in [6.07, 6.45) is 0.277. The van der Waals surface area contributed by atoms with Gasteiger partial charge < -0.3 is 20.3 Å². The second-order valence-corrected chi connectivity index (χ2v) is 6.76. The number of hydrogen-bond acceptors (Lipinski definition) is 6. The number of carboxylic acid groups (broad SMARTS) is 1. The predicted octanol–water partition coefficient (Wildman–Crippen LogP) is 0.492. The lowest BCUT2D eigenvalue weighted by Gasteiger charge is -2.17. The molecular weight excluding hydrogens is 324 g/mol. The molecule has 0 aromatic heterocycles. The number of ether oxygens (including phenoxy) is 1. The Balaban J connectivity index is 3.05. The molecule has 8 nitrogen and oxygen atoms in total. The van der Waals surface area contributed by atoms with Gasteiger partial charge in [0.1, 0.15) is 0 Å². The quantitative estimate of drug-likeness (QED) is 0.454. The molecule has 0 amide bonds. The van der Waals surface area contributed by atoms with Crippen molar-refractivity contribution in [2.45, 2.75) is 24.3 Å². The topological polar surface area (TPSA) is 125 Å². The van der Waals surface area contributed by atoms with Gasteiger partial charge in [0.05, 0.1) is 17.1 Å². The van der Waals surface area contributed by atoms with Crippen molar-refractivity contribution in [2.75, 3.05) is 32.2 Å². The van der Waals surface area contributed by atoms with Crippen LogP contribution in [0.15, 0.2) is 23.1 Å². The minimum atomic E-state index is -3.82. The molecule has 4 N–H and O–H groups in total. The van der Waals surface area contributed by atoms with E-state index in [1.807, 2.05) is 6.92 Å². The van der Waals surface area contributed by atoms with E-state index in [2.05, 4.69) is 10.0 Å². The number of carbonyl (C=O) groups is 1. The molecule has 0 saturated heterocycles. The van der Waals surface area contributed by atoms with Crippen LogP contribution in [0.25, 0.3) is 0 Å². The molecule has 0 saturated carbocycles. The first-order valence-corrected chi connectivity index (χ1v) is 8.53. The summed E-state index contributed by atoms with van der Waals surface area (Å²) in [5, 5.41) is 20.9. The summed E-state index contributed by atoms with van der Waals surface area (Å²) < 4.78 is 31.5. The number of anilines is 1. The smallest absolute Gasteiger partial charge is 0.337 e. The van der Waals surface area contributed by atoms with Crippen LogP contribution >= 0.6 is 0 Å². The van der Waals surface area contributed by atoms with Gasteiger partial charge in [-0.25, -0.2) is 17.9 Å². The van der Waals surface area contributed by atoms with E-state index in [1.54, 1.807) is 0 Å². The molecule has 9 heteroatoms. The van der Waals surface area contributed by atoms with Crippen molar-refractivity contribution in [2.24, 2.45) is 0 Å². The number of nitrogens with one attached hydrogen (secondary N) is 2. The number of sulfonamides is 1. The number of aromatic carboxylic acids is 1. The molecule has 1 unspecified atom stereocenters. The number of hydrogen-bond donors (Lipinski definition) is 4. The summed E-state index contributed by atoms with van der Waals surface area (Å²) in [5.74, 6) is -1.23. The van der Waals surface area contributed by atoms with Crippen LogP contribution in [0.3, 0.4) is 0 Å². The Bertz CT molecular complexity index is 632. The average Bonchev–Trinajstić information content (AvgIpc) is 2.47. The summed E-state index contributed by atoms with van der Waals surface area (Å²) in [5.41, 5.74) is 0.175. The van der Waals surface area contributed by atoms with Crippen molar-refractivity contribution in [3.8, 4) is 0 Å². The Morgan fingerprint density at radius 3 is 2.65 bits per heavy atom. The zero-order valence-corrected chi connectivity index (χ0v) is 13.9. The van der Waals surface area contributed by atoms with Crippen LogP contribution in [0, 0.1) is 0 Å². The van der Waals surface area contributed by atoms with Gasteiger partial charge in [0.15, 0.2) is 0 Å². The van der Waals surface area contributed by atoms with Crippen molar-refractivity contribution >= 4 is 21.7 Å². The molecule has 1 atom stereocenters. The highest BCUT2D eigenvalue weighted by Gasteiger charge is 2.19. The summed E-state index contributed by atoms with van der Waals surface area (Å²) in [6.45, 7) is 2.13. The molecule has 23 heavy (non-hydrogen) atoms. The first-order chi connectivity index (χ1) is 10.8. The molecule has 1 rings (SSSR count). The van der Waals surface area contributed by atoms with Crippen LogP contribution < -0.4 is 10.0 Å². The van der Waals surface area contributed by atoms with Gasteiger partial charge in [-0.1, -0.05) is 0 Å². The standard InChI is InChI=1S/C14H22N2O6S/c1-10(9-22-2)16-13-5-4-11(8-12(13)14(18)19)23(20,21)15-6-3-7-17/h4-5,8,10,15-17H,3,6-7,9H2,1-2H3,(H,18,19). The molecule has 0 fully saturated rings. The third-order valence-electron chi connectivity index (χ3n) is 2.98. The summed E-state index contributed by atoms with van der Waals surface area (Å²) in [7, 11) is -2.29. The SMILES string of the molecule is COCC(C)Nc1ccc(S(=O)(=O)NCCCO)cc1C(=O)O. The summed E-state index contributed by atoms with van der Waals surface area (Å²) >= 11 is 0. The fourth-order valence-corrected chi connectivity index (χ4v) is 3.02. The predicted molar refractivity (Wildman–Crippen MR) is 85.3 cm³/mol. The van der Waals surface area contributed by atoms with Crippen LogP contribution in [-0.2, 0) is 14.8 Å². The fraction of sp³-hybridized carbons (Fsp3) is 0.500. The summed E-state index contributed by atoms with van der Waals surface area (Å²) in [4.78, 5) is 11.2. The molecule has 0 aliphatic rings. The number of rotatable bonds is 10. The zero-order valence-electron chi connectivity index (χ0n) is 13.1. The Hall–Kier alpha value is -1.68. The Labute approximate surface area is 135 Å². The number of aliphatic hydroxyl groups excluding tert-OH is 1. The Morgan fingerprint density at radius 2 is 2.09 bits per heavy atom. The van der Waals surface area contributed by atoms with Gasteiger partial charge in [-0.2, -0.15) is 0 Å². The van der Waals surface area contributed by atoms with E-state index in [-0.39, 0.29) is 36.1 Å². The minimum absolute atomic E-state index is 0.0755. The zero-order chi connectivity index (χ0) is 17.5. The van der Waals surface area contributed by atoms with E-state index in [4.69, 9.17) is 9.84 Å². The van der Waals surface area contributed by atoms with Crippen molar-refractivity contribution in [1.29, 1.82) is 0 Å². The van der Waals surface area contributed by atoms with Gasteiger partial charge >= 0.3 is 5.97 Å². The number of methoxy groups -OCH3 is 1. The highest BCUT2D eigenvalue weighted by molar-refractivity contribution is 7.89. The molecule has 0 radical (unpaired) electrons. The van der Waals surface area contributed by atoms with Crippen molar-refractivity contribution < 1.29 is 28.2 Å². The summed E-state index contributed by atoms with van der Waals surface area (Å²) in [6, 6.07) is 3.71. The maximum absolute atomic E-state index is 12.1. The lowest BCUT2D eigenvalue weighted by molar-refractivity contribution is 0.0697. The van der Waals surface area contributed by atoms with Gasteiger partial charge in [-0.05, 0) is 31.5 Å². The van der Waals surface area contributed by atoms with Gasteiger partial charge in [0.25, 0.3) is 0 Å². The number of carboxylic acids is 1. The van der Waals surface area contributed by atoms with Crippen molar-refractivity contribution in [1.82, 2.24) is 4.72 Å². The van der Waals surface area contributed by atoms with Crippen molar-refractivity contribution in [3.63, 3.8) is 0 Å². The lowest BCUT2D eigenvalue weighted by Crippen LogP contribution is -2.26. The molecule has 1 aromatic carbocycles. The lowest BCUT2D eigenvalue weighted by atomic mass is 10.1. The van der Waals surface area contributed by atoms with Crippen LogP contribution in [-0.4, -0.2) is 57.5 Å². The molecule has 0 heterocycles. The highest BCUT2D eigenvalue weighted by atomic mass is 32.2. The molecule has 0 bridgehead atoms. The third kappa shape index (κ3) is 5.79. The van der Waals surface area contributed by atoms with Crippen LogP contribution in [0.1, 0.15) is 23.7 Å². The van der Waals surface area contributed by atoms with Gasteiger partial charge in [0, 0.05) is 32.0 Å². The van der Waals surface area contributed by atoms with E-state index in [0.29, 0.717) is 12.3 Å². The van der Waals surface area contributed by atoms with Gasteiger partial charge in [-0.3, -0.25) is 0 Å². The van der Waals surface area contributed by atoms with Crippen LogP contribution in [0.2, 0.25) is 0 Å². The average molecular weight is 346 g/mol. The van der Waals surface area contributed by atoms with Crippen LogP contribution in [0.5, 0.6) is 0 Å². The monoisotopic (exact) mass is 346 g/mol. The van der Waals surface area contributed by atoms with E-state index in [0.717, 1.165) is 6.07 Å². The van der Waals surface area contributed by atoms with Gasteiger partial charge in [-0.15, -0.1) is 0 Å². The molecule has 130 valence electrons. The highest BCUT2D eigenvalue weighted by Crippen LogP contribution is 2.21. The minimum Gasteiger partial charge on any atom is -0.478 e. The van der Waals surface area contributed by atoms with E-state index >= 15 is 0 Å². The second-order valence-electron chi connectivity index (χ2n) is 4.99. The van der Waals surface area contributed by atoms with E-state index in [1.165, 1.54) is 19.2 Å². The first kappa shape index (κ1) is 19.4. The fourth-order valence-electron chi connectivity index (χ4n) is 1.92. The molecule has 0 spiro atoms. The molecule has 0 aliphatic heterocycles. The second kappa shape index (κ2) is 8.82.